The molecule has 0 radical (unpaired) electrons. The van der Waals surface area contributed by atoms with Crippen LogP contribution in [0.4, 0.5) is 0 Å². The van der Waals surface area contributed by atoms with Crippen molar-refractivity contribution in [1.29, 1.82) is 0 Å². The van der Waals surface area contributed by atoms with E-state index in [1.165, 1.54) is 5.57 Å². The monoisotopic (exact) mass is 192 g/mol. The minimum Gasteiger partial charge on any atom is -0.298 e. The van der Waals surface area contributed by atoms with Gasteiger partial charge in [0.25, 0.3) is 5.56 Å². The molecule has 1 aliphatic carbocycles. The number of aromatic nitrogens is 2. The lowest BCUT2D eigenvalue weighted by molar-refractivity contribution is 0.478. The molecule has 0 saturated carbocycles. The molecule has 1 aromatic heterocycles. The predicted octanol–water partition coefficient (Wildman–Crippen LogP) is 0.474. The molecule has 0 spiro atoms. The van der Waals surface area contributed by atoms with Gasteiger partial charge in [-0.05, 0) is 25.2 Å². The number of fused-ring (bicyclic) bond motifs is 1. The second-order valence-corrected chi connectivity index (χ2v) is 4.78. The summed E-state index contributed by atoms with van der Waals surface area (Å²) >= 11 is 0. The van der Waals surface area contributed by atoms with Crippen molar-refractivity contribution in [1.82, 2.24) is 10.2 Å². The van der Waals surface area contributed by atoms with Gasteiger partial charge in [0.15, 0.2) is 0 Å². The Balaban J connectivity index is 2.87. The van der Waals surface area contributed by atoms with E-state index < -0.39 is 0 Å². The molecule has 3 heteroatoms. The van der Waals surface area contributed by atoms with E-state index >= 15 is 0 Å². The van der Waals surface area contributed by atoms with Gasteiger partial charge >= 0.3 is 0 Å². The summed E-state index contributed by atoms with van der Waals surface area (Å²) in [6.07, 6.45) is 4.24. The maximum Gasteiger partial charge on any atom is 0.271 e. The molecule has 0 amide bonds. The molecular weight excluding hydrogens is 176 g/mol. The Hall–Kier alpha value is -1.25. The molecule has 1 aliphatic rings. The molecule has 14 heavy (non-hydrogen) atoms. The van der Waals surface area contributed by atoms with Crippen molar-refractivity contribution in [2.45, 2.75) is 33.6 Å². The van der Waals surface area contributed by atoms with Crippen LogP contribution in [0.2, 0.25) is 0 Å². The molecule has 2 N–H and O–H groups in total. The molecule has 1 aromatic rings. The van der Waals surface area contributed by atoms with Gasteiger partial charge in [-0.15, -0.1) is 0 Å². The Labute approximate surface area is 82.5 Å². The first-order valence-electron chi connectivity index (χ1n) is 4.99. The van der Waals surface area contributed by atoms with Crippen LogP contribution >= 0.6 is 0 Å². The Morgan fingerprint density at radius 2 is 2.07 bits per heavy atom. The summed E-state index contributed by atoms with van der Waals surface area (Å²) in [7, 11) is 0. The van der Waals surface area contributed by atoms with E-state index in [2.05, 4.69) is 30.1 Å². The lowest BCUT2D eigenvalue weighted by atomic mass is 9.87. The van der Waals surface area contributed by atoms with Crippen LogP contribution in [0.1, 0.15) is 33.6 Å². The van der Waals surface area contributed by atoms with Crippen molar-refractivity contribution in [3.05, 3.63) is 20.9 Å². The molecule has 1 heterocycles. The Kier molecular flexibility index (Phi) is 1.91. The maximum atomic E-state index is 11.5. The van der Waals surface area contributed by atoms with Gasteiger partial charge in [0, 0.05) is 0 Å². The number of hydrogen-bond acceptors (Lipinski definition) is 1. The third kappa shape index (κ3) is 1.43. The highest BCUT2D eigenvalue weighted by atomic mass is 16.1. The van der Waals surface area contributed by atoms with E-state index in [9.17, 15) is 4.79 Å². The smallest absolute Gasteiger partial charge is 0.271 e. The van der Waals surface area contributed by atoms with E-state index in [-0.39, 0.29) is 11.0 Å². The molecule has 0 unspecified atom stereocenters. The van der Waals surface area contributed by atoms with Crippen LogP contribution in [0.3, 0.4) is 0 Å². The fraction of sp³-hybridized carbons (Fsp3) is 0.545. The Morgan fingerprint density at radius 3 is 2.79 bits per heavy atom. The van der Waals surface area contributed by atoms with E-state index in [4.69, 9.17) is 0 Å². The number of nitrogens with one attached hydrogen (secondary N) is 2. The topological polar surface area (TPSA) is 48.6 Å². The van der Waals surface area contributed by atoms with Crippen LogP contribution in [0.5, 0.6) is 0 Å². The number of hydrogen-bond donors (Lipinski definition) is 2. The van der Waals surface area contributed by atoms with Gasteiger partial charge in [-0.25, -0.2) is 0 Å². The zero-order valence-corrected chi connectivity index (χ0v) is 8.90. The van der Waals surface area contributed by atoms with Crippen LogP contribution in [0, 0.1) is 5.41 Å². The fourth-order valence-electron chi connectivity index (χ4n) is 2.00. The summed E-state index contributed by atoms with van der Waals surface area (Å²) in [4.78, 5) is 11.5. The third-order valence-corrected chi connectivity index (χ3v) is 2.91. The zero-order chi connectivity index (χ0) is 10.3. The van der Waals surface area contributed by atoms with Crippen molar-refractivity contribution in [3.8, 4) is 0 Å². The van der Waals surface area contributed by atoms with Gasteiger partial charge < -0.3 is 0 Å². The van der Waals surface area contributed by atoms with E-state index in [0.717, 1.165) is 23.4 Å². The van der Waals surface area contributed by atoms with Crippen LogP contribution in [-0.4, -0.2) is 10.2 Å². The summed E-state index contributed by atoms with van der Waals surface area (Å²) in [6, 6.07) is 0. The molecular formula is C11H16N2O. The molecule has 0 saturated heterocycles. The molecule has 0 aromatic carbocycles. The SMILES string of the molecule is CC1=c2c(=O)[nH][nH]c2=CC(C)(C)CC1. The quantitative estimate of drug-likeness (QED) is 0.617. The highest BCUT2D eigenvalue weighted by molar-refractivity contribution is 5.46. The van der Waals surface area contributed by atoms with Gasteiger partial charge in [0.1, 0.15) is 0 Å². The summed E-state index contributed by atoms with van der Waals surface area (Å²) < 4.78 is 0. The highest BCUT2D eigenvalue weighted by Crippen LogP contribution is 2.26. The van der Waals surface area contributed by atoms with Gasteiger partial charge in [-0.1, -0.05) is 25.5 Å². The molecule has 76 valence electrons. The molecule has 2 rings (SSSR count). The van der Waals surface area contributed by atoms with Gasteiger partial charge in [0.2, 0.25) is 0 Å². The normalized spacial score (nSPS) is 19.8. The molecule has 0 atom stereocenters. The van der Waals surface area contributed by atoms with Crippen LogP contribution in [0.25, 0.3) is 11.6 Å². The minimum atomic E-state index is 0.00597. The summed E-state index contributed by atoms with van der Waals surface area (Å²) in [5.74, 6) is 0. The van der Waals surface area contributed by atoms with Gasteiger partial charge in [-0.3, -0.25) is 15.0 Å². The van der Waals surface area contributed by atoms with Crippen LogP contribution in [-0.2, 0) is 0 Å². The first-order valence-corrected chi connectivity index (χ1v) is 4.99. The van der Waals surface area contributed by atoms with Crippen molar-refractivity contribution in [3.63, 3.8) is 0 Å². The summed E-state index contributed by atoms with van der Waals surface area (Å²) in [5, 5.41) is 7.38. The van der Waals surface area contributed by atoms with Crippen molar-refractivity contribution >= 4 is 11.6 Å². The predicted molar refractivity (Wildman–Crippen MR) is 57.2 cm³/mol. The average molecular weight is 192 g/mol. The minimum absolute atomic E-state index is 0.00597. The van der Waals surface area contributed by atoms with Crippen molar-refractivity contribution < 1.29 is 0 Å². The summed E-state index contributed by atoms with van der Waals surface area (Å²) in [6.45, 7) is 6.43. The van der Waals surface area contributed by atoms with Crippen LogP contribution in [0.15, 0.2) is 4.79 Å². The lowest BCUT2D eigenvalue weighted by Crippen LogP contribution is -2.35. The van der Waals surface area contributed by atoms with E-state index in [0.29, 0.717) is 0 Å². The first-order chi connectivity index (χ1) is 6.49. The number of H-pyrrole nitrogens is 2. The third-order valence-electron chi connectivity index (χ3n) is 2.91. The number of rotatable bonds is 0. The average Bonchev–Trinajstić information content (AvgIpc) is 2.37. The Morgan fingerprint density at radius 1 is 1.36 bits per heavy atom. The molecule has 0 bridgehead atoms. The largest absolute Gasteiger partial charge is 0.298 e. The second-order valence-electron chi connectivity index (χ2n) is 4.78. The van der Waals surface area contributed by atoms with Gasteiger partial charge in [0.05, 0.1) is 10.6 Å². The standard InChI is InChI=1S/C11H16N2O/c1-7-4-5-11(2,3)6-8-9(7)10(14)13-12-8/h6,12H,4-5H2,1-3H3,(H,13,14). The molecule has 0 aliphatic heterocycles. The lowest BCUT2D eigenvalue weighted by Gasteiger charge is -2.17. The van der Waals surface area contributed by atoms with Gasteiger partial charge in [-0.2, -0.15) is 0 Å². The second kappa shape index (κ2) is 2.87. The van der Waals surface area contributed by atoms with Crippen molar-refractivity contribution in [2.75, 3.05) is 0 Å². The first kappa shape index (κ1) is 9.31. The van der Waals surface area contributed by atoms with Crippen molar-refractivity contribution in [2.24, 2.45) is 5.41 Å². The van der Waals surface area contributed by atoms with Crippen LogP contribution < -0.4 is 16.1 Å². The number of aromatic amines is 2. The summed E-state index contributed by atoms with van der Waals surface area (Å²) in [5.41, 5.74) is 1.35. The van der Waals surface area contributed by atoms with E-state index in [1.54, 1.807) is 0 Å². The highest BCUT2D eigenvalue weighted by Gasteiger charge is 2.18. The molecule has 0 fully saturated rings. The zero-order valence-electron chi connectivity index (χ0n) is 8.90. The fourth-order valence-corrected chi connectivity index (χ4v) is 2.00. The Bertz CT molecular complexity index is 516. The molecule has 3 nitrogen and oxygen atoms in total. The van der Waals surface area contributed by atoms with E-state index in [1.807, 2.05) is 6.92 Å². The maximum absolute atomic E-state index is 11.5.